The molecule has 0 fully saturated rings. The normalized spacial score (nSPS) is 12.6. The minimum absolute atomic E-state index is 0.0402. The van der Waals surface area contributed by atoms with E-state index in [1.165, 1.54) is 12.5 Å². The molecule has 2 rings (SSSR count). The van der Waals surface area contributed by atoms with Gasteiger partial charge in [0.1, 0.15) is 12.1 Å². The van der Waals surface area contributed by atoms with Crippen molar-refractivity contribution in [1.82, 2.24) is 20.6 Å². The summed E-state index contributed by atoms with van der Waals surface area (Å²) in [5.41, 5.74) is 1.38. The second-order valence-electron chi connectivity index (χ2n) is 5.79. The first-order valence-corrected chi connectivity index (χ1v) is 8.47. The number of aromatic amines is 1. The Kier molecular flexibility index (Phi) is 7.36. The van der Waals surface area contributed by atoms with Crippen molar-refractivity contribution in [2.75, 3.05) is 6.61 Å². The highest BCUT2D eigenvalue weighted by Gasteiger charge is 2.27. The monoisotopic (exact) mass is 374 g/mol. The highest BCUT2D eigenvalue weighted by molar-refractivity contribution is 5.89. The Hall–Kier alpha value is -3.36. The molecule has 144 valence electrons. The summed E-state index contributed by atoms with van der Waals surface area (Å²) in [7, 11) is 0. The number of alkyl carbamates (subject to hydrolysis) is 1. The minimum atomic E-state index is -1.19. The Labute approximate surface area is 156 Å². The van der Waals surface area contributed by atoms with Gasteiger partial charge in [-0.3, -0.25) is 4.79 Å². The first kappa shape index (κ1) is 20.0. The topological polar surface area (TPSA) is 133 Å². The zero-order chi connectivity index (χ0) is 19.6. The molecule has 1 aromatic carbocycles. The van der Waals surface area contributed by atoms with Crippen LogP contribution in [0.25, 0.3) is 0 Å². The number of amides is 2. The van der Waals surface area contributed by atoms with Gasteiger partial charge in [-0.05, 0) is 12.5 Å². The van der Waals surface area contributed by atoms with Crippen molar-refractivity contribution in [3.05, 3.63) is 54.1 Å². The molecular formula is C18H22N4O5. The largest absolute Gasteiger partial charge is 0.480 e. The van der Waals surface area contributed by atoms with Gasteiger partial charge in [0, 0.05) is 24.7 Å². The summed E-state index contributed by atoms with van der Waals surface area (Å²) in [6.45, 7) is 1.81. The Morgan fingerprint density at radius 3 is 2.48 bits per heavy atom. The molecule has 0 aliphatic rings. The Morgan fingerprint density at radius 1 is 1.15 bits per heavy atom. The number of H-pyrrole nitrogens is 1. The summed E-state index contributed by atoms with van der Waals surface area (Å²) >= 11 is 0. The number of benzene rings is 1. The number of hydrogen-bond acceptors (Lipinski definition) is 5. The number of nitrogens with zero attached hydrogens (tertiary/aromatic N) is 1. The Balaban J connectivity index is 2.10. The molecule has 1 aromatic heterocycles. The van der Waals surface area contributed by atoms with Gasteiger partial charge in [0.15, 0.2) is 0 Å². The van der Waals surface area contributed by atoms with Crippen LogP contribution in [0.4, 0.5) is 4.79 Å². The van der Waals surface area contributed by atoms with E-state index >= 15 is 0 Å². The zero-order valence-corrected chi connectivity index (χ0v) is 14.8. The van der Waals surface area contributed by atoms with E-state index in [9.17, 15) is 19.5 Å². The van der Waals surface area contributed by atoms with Gasteiger partial charge in [-0.15, -0.1) is 0 Å². The van der Waals surface area contributed by atoms with E-state index in [2.05, 4.69) is 20.6 Å². The molecule has 2 amide bonds. The van der Waals surface area contributed by atoms with Gasteiger partial charge >= 0.3 is 12.1 Å². The third kappa shape index (κ3) is 6.46. The predicted octanol–water partition coefficient (Wildman–Crippen LogP) is 0.879. The van der Waals surface area contributed by atoms with Crippen LogP contribution in [0.3, 0.4) is 0 Å². The van der Waals surface area contributed by atoms with Crippen LogP contribution in [0.1, 0.15) is 18.2 Å². The molecule has 0 aliphatic carbocycles. The van der Waals surface area contributed by atoms with E-state index in [1.807, 2.05) is 30.3 Å². The molecule has 0 saturated carbocycles. The zero-order valence-electron chi connectivity index (χ0n) is 14.8. The number of hydrogen-bond donors (Lipinski definition) is 4. The molecule has 0 radical (unpaired) electrons. The molecular weight excluding hydrogens is 352 g/mol. The molecule has 9 nitrogen and oxygen atoms in total. The first-order chi connectivity index (χ1) is 13.0. The number of nitrogens with one attached hydrogen (secondary N) is 3. The van der Waals surface area contributed by atoms with Crippen molar-refractivity contribution in [2.45, 2.75) is 31.8 Å². The third-order valence-electron chi connectivity index (χ3n) is 3.76. The van der Waals surface area contributed by atoms with E-state index in [1.54, 1.807) is 6.92 Å². The Bertz CT molecular complexity index is 748. The van der Waals surface area contributed by atoms with E-state index in [4.69, 9.17) is 4.74 Å². The van der Waals surface area contributed by atoms with Gasteiger partial charge in [-0.25, -0.2) is 14.6 Å². The predicted molar refractivity (Wildman–Crippen MR) is 95.9 cm³/mol. The van der Waals surface area contributed by atoms with Crippen LogP contribution in [-0.2, 0) is 27.2 Å². The number of rotatable bonds is 9. The van der Waals surface area contributed by atoms with Gasteiger partial charge in [0.05, 0.1) is 12.9 Å². The average molecular weight is 374 g/mol. The number of carbonyl (C=O) groups is 3. The van der Waals surface area contributed by atoms with Crippen LogP contribution in [0.15, 0.2) is 42.9 Å². The lowest BCUT2D eigenvalue weighted by molar-refractivity contribution is -0.142. The van der Waals surface area contributed by atoms with E-state index in [-0.39, 0.29) is 19.4 Å². The molecule has 27 heavy (non-hydrogen) atoms. The number of imidazole rings is 1. The molecule has 2 unspecified atom stereocenters. The van der Waals surface area contributed by atoms with Gasteiger partial charge in [-0.2, -0.15) is 0 Å². The van der Waals surface area contributed by atoms with Crippen LogP contribution in [0, 0.1) is 0 Å². The molecule has 0 bridgehead atoms. The number of ether oxygens (including phenoxy) is 1. The van der Waals surface area contributed by atoms with Crippen molar-refractivity contribution in [3.8, 4) is 0 Å². The van der Waals surface area contributed by atoms with E-state index in [0.717, 1.165) is 5.56 Å². The van der Waals surface area contributed by atoms with Crippen molar-refractivity contribution in [3.63, 3.8) is 0 Å². The van der Waals surface area contributed by atoms with Crippen LogP contribution >= 0.6 is 0 Å². The van der Waals surface area contributed by atoms with Crippen molar-refractivity contribution < 1.29 is 24.2 Å². The molecule has 0 aliphatic heterocycles. The lowest BCUT2D eigenvalue weighted by Crippen LogP contribution is -2.53. The third-order valence-corrected chi connectivity index (χ3v) is 3.76. The van der Waals surface area contributed by atoms with Crippen LogP contribution in [0.5, 0.6) is 0 Å². The van der Waals surface area contributed by atoms with Gasteiger partial charge in [0.25, 0.3) is 0 Å². The summed E-state index contributed by atoms with van der Waals surface area (Å²) in [4.78, 5) is 42.6. The minimum Gasteiger partial charge on any atom is -0.480 e. The summed E-state index contributed by atoms with van der Waals surface area (Å²) in [6.07, 6.45) is 2.41. The van der Waals surface area contributed by atoms with Crippen LogP contribution in [0.2, 0.25) is 0 Å². The molecule has 9 heteroatoms. The SMILES string of the molecule is CCOC(=O)NC(Cc1ccccc1)C(=O)NC(Cc1cnc[nH]1)C(=O)O. The summed E-state index contributed by atoms with van der Waals surface area (Å²) in [5.74, 6) is -1.80. The van der Waals surface area contributed by atoms with Gasteiger partial charge in [-0.1, -0.05) is 30.3 Å². The number of aliphatic carboxylic acids is 1. The summed E-state index contributed by atoms with van der Waals surface area (Å²) in [5, 5.41) is 14.3. The second kappa shape index (κ2) is 9.95. The molecule has 4 N–H and O–H groups in total. The molecule has 1 heterocycles. The molecule has 0 spiro atoms. The fourth-order valence-corrected chi connectivity index (χ4v) is 2.46. The van der Waals surface area contributed by atoms with Gasteiger partial charge in [0.2, 0.25) is 5.91 Å². The first-order valence-electron chi connectivity index (χ1n) is 8.47. The number of aromatic nitrogens is 2. The molecule has 2 atom stereocenters. The van der Waals surface area contributed by atoms with Crippen molar-refractivity contribution in [2.24, 2.45) is 0 Å². The quantitative estimate of drug-likeness (QED) is 0.515. The van der Waals surface area contributed by atoms with E-state index < -0.39 is 30.1 Å². The maximum atomic E-state index is 12.7. The Morgan fingerprint density at radius 2 is 1.89 bits per heavy atom. The highest BCUT2D eigenvalue weighted by Crippen LogP contribution is 2.06. The van der Waals surface area contributed by atoms with Crippen molar-refractivity contribution in [1.29, 1.82) is 0 Å². The summed E-state index contributed by atoms with van der Waals surface area (Å²) in [6, 6.07) is 6.94. The number of carboxylic acids is 1. The highest BCUT2D eigenvalue weighted by atomic mass is 16.5. The summed E-state index contributed by atoms with van der Waals surface area (Å²) < 4.78 is 4.84. The lowest BCUT2D eigenvalue weighted by atomic mass is 10.0. The van der Waals surface area contributed by atoms with Crippen molar-refractivity contribution >= 4 is 18.0 Å². The molecule has 0 saturated heterocycles. The smallest absolute Gasteiger partial charge is 0.407 e. The molecule has 2 aromatic rings. The average Bonchev–Trinajstić information content (AvgIpc) is 3.14. The van der Waals surface area contributed by atoms with Crippen LogP contribution < -0.4 is 10.6 Å². The fourth-order valence-electron chi connectivity index (χ4n) is 2.46. The second-order valence-corrected chi connectivity index (χ2v) is 5.79. The standard InChI is InChI=1S/C18H22N4O5/c1-2-27-18(26)22-14(8-12-6-4-3-5-7-12)16(23)21-15(17(24)25)9-13-10-19-11-20-13/h3-7,10-11,14-15H,2,8-9H2,1H3,(H,19,20)(H,21,23)(H,22,26)(H,24,25). The van der Waals surface area contributed by atoms with E-state index in [0.29, 0.717) is 5.69 Å². The fraction of sp³-hybridized carbons (Fsp3) is 0.333. The maximum Gasteiger partial charge on any atom is 0.407 e. The van der Waals surface area contributed by atoms with Gasteiger partial charge < -0.3 is 25.5 Å². The lowest BCUT2D eigenvalue weighted by Gasteiger charge is -2.21. The van der Waals surface area contributed by atoms with Crippen LogP contribution in [-0.4, -0.2) is 51.7 Å². The number of carbonyl (C=O) groups excluding carboxylic acids is 2. The maximum absolute atomic E-state index is 12.7. The number of carboxylic acid groups (broad SMARTS) is 1.